The summed E-state index contributed by atoms with van der Waals surface area (Å²) in [7, 11) is 0.440. The van der Waals surface area contributed by atoms with Crippen LogP contribution in [0.4, 0.5) is 5.69 Å². The van der Waals surface area contributed by atoms with Crippen molar-refractivity contribution in [3.63, 3.8) is 0 Å². The molecule has 2 N–H and O–H groups in total. The Balaban J connectivity index is 2.35. The van der Waals surface area contributed by atoms with Crippen molar-refractivity contribution >= 4 is 38.3 Å². The number of para-hydroxylation sites is 1. The lowest BCUT2D eigenvalue weighted by molar-refractivity contribution is 0.294. The number of nitrogens with two attached hydrogens (primary N) is 1. The third kappa shape index (κ3) is 2.74. The summed E-state index contributed by atoms with van der Waals surface area (Å²) < 4.78 is 26.8. The minimum Gasteiger partial charge on any atom is -0.398 e. The Hall–Kier alpha value is -0.380. The number of rotatable bonds is 3. The third-order valence-electron chi connectivity index (χ3n) is 3.41. The molecule has 0 aliphatic carbocycles. The highest BCUT2D eigenvalue weighted by Crippen LogP contribution is 2.33. The van der Waals surface area contributed by atoms with Gasteiger partial charge in [-0.05, 0) is 32.6 Å². The minimum atomic E-state index is -3.51. The lowest BCUT2D eigenvalue weighted by Crippen LogP contribution is -2.40. The van der Waals surface area contributed by atoms with Gasteiger partial charge in [0.15, 0.2) is 0 Å². The number of nitrogens with zero attached hydrogens (tertiary/aromatic N) is 2. The number of nitrogen functional groups attached to an aromatic ring is 1. The van der Waals surface area contributed by atoms with Crippen molar-refractivity contribution in [1.29, 1.82) is 0 Å². The van der Waals surface area contributed by atoms with Crippen molar-refractivity contribution in [3.8, 4) is 0 Å². The lowest BCUT2D eigenvalue weighted by Gasteiger charge is -2.26. The van der Waals surface area contributed by atoms with Crippen LogP contribution in [-0.2, 0) is 10.0 Å². The number of alkyl halides is 1. The second kappa shape index (κ2) is 5.55. The van der Waals surface area contributed by atoms with Crippen molar-refractivity contribution in [2.24, 2.45) is 0 Å². The largest absolute Gasteiger partial charge is 0.398 e. The van der Waals surface area contributed by atoms with E-state index in [1.165, 1.54) is 0 Å². The maximum Gasteiger partial charge on any atom is 0.246 e. The smallest absolute Gasteiger partial charge is 0.246 e. The van der Waals surface area contributed by atoms with Gasteiger partial charge in [-0.2, -0.15) is 4.31 Å². The monoisotopic (exact) mass is 395 g/mol. The molecule has 1 aliphatic heterocycles. The molecule has 7 heteroatoms. The van der Waals surface area contributed by atoms with Gasteiger partial charge in [0.2, 0.25) is 10.0 Å². The molecule has 2 atom stereocenters. The van der Waals surface area contributed by atoms with Gasteiger partial charge in [-0.3, -0.25) is 0 Å². The Kier molecular flexibility index (Phi) is 4.38. The summed E-state index contributed by atoms with van der Waals surface area (Å²) in [6.07, 6.45) is 0.840. The van der Waals surface area contributed by atoms with E-state index in [1.54, 1.807) is 28.6 Å². The van der Waals surface area contributed by atoms with Crippen LogP contribution >= 0.6 is 22.6 Å². The summed E-state index contributed by atoms with van der Waals surface area (Å²) in [4.78, 5) is 2.28. The number of benzene rings is 1. The molecule has 1 aromatic rings. The first-order valence-electron chi connectivity index (χ1n) is 6.02. The summed E-state index contributed by atoms with van der Waals surface area (Å²) in [5.74, 6) is 0. The zero-order chi connectivity index (χ0) is 14.2. The van der Waals surface area contributed by atoms with Gasteiger partial charge in [-0.15, -0.1) is 0 Å². The van der Waals surface area contributed by atoms with Crippen LogP contribution in [0.15, 0.2) is 29.2 Å². The highest BCUT2D eigenvalue weighted by atomic mass is 127. The molecule has 0 spiro atoms. The van der Waals surface area contributed by atoms with Crippen LogP contribution in [0, 0.1) is 0 Å². The first kappa shape index (κ1) is 15.0. The van der Waals surface area contributed by atoms with Crippen molar-refractivity contribution in [1.82, 2.24) is 9.21 Å². The standard InChI is InChI=1S/C12H18IN3O2S/c1-15(2)10-7-8-16(12(10)13)19(17,18)11-6-4-3-5-9(11)14/h3-6,10,12H,7-8,14H2,1-2H3. The molecule has 0 bridgehead atoms. The molecule has 1 saturated heterocycles. The molecular weight excluding hydrogens is 377 g/mol. The van der Waals surface area contributed by atoms with Crippen LogP contribution < -0.4 is 5.73 Å². The first-order chi connectivity index (χ1) is 8.85. The van der Waals surface area contributed by atoms with Gasteiger partial charge >= 0.3 is 0 Å². The van der Waals surface area contributed by atoms with E-state index in [9.17, 15) is 8.42 Å². The number of halogens is 1. The van der Waals surface area contributed by atoms with E-state index in [4.69, 9.17) is 5.73 Å². The summed E-state index contributed by atoms with van der Waals surface area (Å²) in [5.41, 5.74) is 6.10. The van der Waals surface area contributed by atoms with Gasteiger partial charge < -0.3 is 10.6 Å². The highest BCUT2D eigenvalue weighted by molar-refractivity contribution is 14.1. The Morgan fingerprint density at radius 1 is 1.37 bits per heavy atom. The number of hydrogen-bond acceptors (Lipinski definition) is 4. The van der Waals surface area contributed by atoms with E-state index in [2.05, 4.69) is 27.5 Å². The molecule has 0 amide bonds. The summed E-state index contributed by atoms with van der Waals surface area (Å²) in [6, 6.07) is 6.86. The number of anilines is 1. The Morgan fingerprint density at radius 2 is 2.00 bits per heavy atom. The van der Waals surface area contributed by atoms with Gasteiger partial charge in [0.25, 0.3) is 0 Å². The predicted octanol–water partition coefficient (Wildman–Crippen LogP) is 1.35. The van der Waals surface area contributed by atoms with Crippen LogP contribution in [0.3, 0.4) is 0 Å². The van der Waals surface area contributed by atoms with E-state index in [-0.39, 0.29) is 15.0 Å². The third-order valence-corrected chi connectivity index (χ3v) is 7.24. The summed E-state index contributed by atoms with van der Waals surface area (Å²) in [5, 5.41) is 0. The van der Waals surface area contributed by atoms with Crippen molar-refractivity contribution in [2.75, 3.05) is 26.4 Å². The first-order valence-corrected chi connectivity index (χ1v) is 8.71. The molecule has 106 valence electrons. The SMILES string of the molecule is CN(C)C1CCN(S(=O)(=O)c2ccccc2N)C1I. The lowest BCUT2D eigenvalue weighted by atomic mass is 10.2. The minimum absolute atomic E-state index is 0.0720. The predicted molar refractivity (Wildman–Crippen MR) is 84.6 cm³/mol. The second-order valence-electron chi connectivity index (χ2n) is 4.85. The Bertz CT molecular complexity index is 562. The topological polar surface area (TPSA) is 66.6 Å². The quantitative estimate of drug-likeness (QED) is 0.363. The maximum absolute atomic E-state index is 12.7. The molecular formula is C12H18IN3O2S. The molecule has 5 nitrogen and oxygen atoms in total. The molecule has 2 rings (SSSR count). The average Bonchev–Trinajstić information content (AvgIpc) is 2.72. The molecule has 0 radical (unpaired) electrons. The van der Waals surface area contributed by atoms with Gasteiger partial charge in [-0.25, -0.2) is 8.42 Å². The fourth-order valence-corrected chi connectivity index (χ4v) is 6.11. The molecule has 1 heterocycles. The molecule has 1 aliphatic rings. The van der Waals surface area contributed by atoms with Gasteiger partial charge in [0.05, 0.1) is 9.74 Å². The van der Waals surface area contributed by atoms with Crippen LogP contribution in [0.1, 0.15) is 6.42 Å². The molecule has 0 saturated carbocycles. The van der Waals surface area contributed by atoms with Crippen molar-refractivity contribution in [2.45, 2.75) is 21.4 Å². The summed E-state index contributed by atoms with van der Waals surface area (Å²) in [6.45, 7) is 0.535. The van der Waals surface area contributed by atoms with Gasteiger partial charge in [-0.1, -0.05) is 34.7 Å². The van der Waals surface area contributed by atoms with Crippen LogP contribution in [-0.4, -0.2) is 48.4 Å². The molecule has 1 fully saturated rings. The maximum atomic E-state index is 12.7. The molecule has 0 aromatic heterocycles. The zero-order valence-electron chi connectivity index (χ0n) is 11.0. The summed E-state index contributed by atoms with van der Waals surface area (Å²) >= 11 is 2.20. The van der Waals surface area contributed by atoms with Crippen LogP contribution in [0.5, 0.6) is 0 Å². The number of hydrogen-bond donors (Lipinski definition) is 1. The van der Waals surface area contributed by atoms with E-state index < -0.39 is 10.0 Å². The van der Waals surface area contributed by atoms with E-state index in [1.807, 2.05) is 14.1 Å². The van der Waals surface area contributed by atoms with Crippen molar-refractivity contribution in [3.05, 3.63) is 24.3 Å². The zero-order valence-corrected chi connectivity index (χ0v) is 13.9. The van der Waals surface area contributed by atoms with Gasteiger partial charge in [0, 0.05) is 12.6 Å². The Morgan fingerprint density at radius 3 is 2.53 bits per heavy atom. The Labute approximate surface area is 127 Å². The molecule has 1 aromatic carbocycles. The second-order valence-corrected chi connectivity index (χ2v) is 7.98. The van der Waals surface area contributed by atoms with E-state index >= 15 is 0 Å². The van der Waals surface area contributed by atoms with Crippen molar-refractivity contribution < 1.29 is 8.42 Å². The van der Waals surface area contributed by atoms with E-state index in [0.29, 0.717) is 12.2 Å². The van der Waals surface area contributed by atoms with Crippen LogP contribution in [0.2, 0.25) is 0 Å². The molecule has 19 heavy (non-hydrogen) atoms. The molecule has 2 unspecified atom stereocenters. The fourth-order valence-electron chi connectivity index (χ4n) is 2.31. The normalized spacial score (nSPS) is 25.1. The number of sulfonamides is 1. The average molecular weight is 395 g/mol. The highest BCUT2D eigenvalue weighted by Gasteiger charge is 2.41. The number of likely N-dealkylation sites (N-methyl/N-ethyl adjacent to an activating group) is 1. The van der Waals surface area contributed by atoms with Crippen LogP contribution in [0.25, 0.3) is 0 Å². The van der Waals surface area contributed by atoms with Gasteiger partial charge in [0.1, 0.15) is 4.90 Å². The van der Waals surface area contributed by atoms with E-state index in [0.717, 1.165) is 6.42 Å². The fraction of sp³-hybridized carbons (Fsp3) is 0.500.